The highest BCUT2D eigenvalue weighted by Gasteiger charge is 2.24. The number of hydrogen-bond donors (Lipinski definition) is 1. The average Bonchev–Trinajstić information content (AvgIpc) is 2.49. The van der Waals surface area contributed by atoms with Crippen molar-refractivity contribution < 1.29 is 4.74 Å². The van der Waals surface area contributed by atoms with Crippen LogP contribution in [-0.2, 0) is 0 Å². The lowest BCUT2D eigenvalue weighted by molar-refractivity contribution is 0.140. The first-order chi connectivity index (χ1) is 9.76. The summed E-state index contributed by atoms with van der Waals surface area (Å²) in [5.41, 5.74) is 7.32. The molecular formula is C17H28N2O. The van der Waals surface area contributed by atoms with Gasteiger partial charge in [-0.05, 0) is 44.5 Å². The maximum atomic E-state index is 6.05. The number of benzene rings is 1. The Morgan fingerprint density at radius 3 is 2.70 bits per heavy atom. The van der Waals surface area contributed by atoms with Gasteiger partial charge in [0, 0.05) is 18.6 Å². The number of ether oxygens (including phenoxy) is 1. The number of nitrogens with two attached hydrogens (primary N) is 1. The van der Waals surface area contributed by atoms with E-state index in [4.69, 9.17) is 10.5 Å². The maximum absolute atomic E-state index is 6.05. The van der Waals surface area contributed by atoms with Gasteiger partial charge in [-0.2, -0.15) is 0 Å². The van der Waals surface area contributed by atoms with Crippen LogP contribution in [0.3, 0.4) is 0 Å². The van der Waals surface area contributed by atoms with Crippen molar-refractivity contribution in [1.29, 1.82) is 0 Å². The summed E-state index contributed by atoms with van der Waals surface area (Å²) in [6, 6.07) is 9.35. The fourth-order valence-corrected chi connectivity index (χ4v) is 3.26. The minimum absolute atomic E-state index is 0.290. The topological polar surface area (TPSA) is 38.5 Å². The summed E-state index contributed by atoms with van der Waals surface area (Å²) in [6.07, 6.45) is 6.70. The van der Waals surface area contributed by atoms with E-state index < -0.39 is 0 Å². The van der Waals surface area contributed by atoms with Crippen molar-refractivity contribution in [3.05, 3.63) is 29.8 Å². The van der Waals surface area contributed by atoms with Crippen LogP contribution in [0.5, 0.6) is 5.75 Å². The molecule has 1 saturated carbocycles. The van der Waals surface area contributed by atoms with Gasteiger partial charge in [-0.15, -0.1) is 0 Å². The van der Waals surface area contributed by atoms with Crippen LogP contribution in [0.15, 0.2) is 24.3 Å². The molecule has 20 heavy (non-hydrogen) atoms. The number of rotatable bonds is 6. The van der Waals surface area contributed by atoms with E-state index in [1.807, 2.05) is 13.0 Å². The molecule has 1 aliphatic rings. The fourth-order valence-electron chi connectivity index (χ4n) is 3.26. The van der Waals surface area contributed by atoms with Gasteiger partial charge in [0.1, 0.15) is 5.75 Å². The Morgan fingerprint density at radius 1 is 1.30 bits per heavy atom. The Bertz CT molecular complexity index is 402. The molecule has 0 aromatic heterocycles. The summed E-state index contributed by atoms with van der Waals surface area (Å²) in [6.45, 7) is 3.37. The minimum atomic E-state index is 0.290. The molecule has 1 aromatic carbocycles. The molecule has 0 heterocycles. The predicted octanol–water partition coefficient (Wildman–Crippen LogP) is 3.35. The highest BCUT2D eigenvalue weighted by atomic mass is 16.5. The normalized spacial score (nSPS) is 18.2. The average molecular weight is 276 g/mol. The summed E-state index contributed by atoms with van der Waals surface area (Å²) >= 11 is 0. The Labute approximate surface area is 123 Å². The van der Waals surface area contributed by atoms with Gasteiger partial charge >= 0.3 is 0 Å². The fraction of sp³-hybridized carbons (Fsp3) is 0.647. The first kappa shape index (κ1) is 15.3. The van der Waals surface area contributed by atoms with E-state index in [1.54, 1.807) is 0 Å². The SMILES string of the molecule is CCOc1cccc(C(CN)N(C)C2CCCCC2)c1. The van der Waals surface area contributed by atoms with Gasteiger partial charge in [0.2, 0.25) is 0 Å². The third-order valence-electron chi connectivity index (χ3n) is 4.42. The van der Waals surface area contributed by atoms with Gasteiger partial charge in [0.05, 0.1) is 6.61 Å². The second-order valence-electron chi connectivity index (χ2n) is 5.71. The molecule has 0 aliphatic heterocycles. The second-order valence-corrected chi connectivity index (χ2v) is 5.71. The molecule has 0 saturated heterocycles. The monoisotopic (exact) mass is 276 g/mol. The molecule has 1 aliphatic carbocycles. The molecule has 2 N–H and O–H groups in total. The summed E-state index contributed by atoms with van der Waals surface area (Å²) < 4.78 is 5.61. The first-order valence-electron chi connectivity index (χ1n) is 7.91. The van der Waals surface area contributed by atoms with Crippen molar-refractivity contribution in [2.24, 2.45) is 5.73 Å². The standard InChI is InChI=1S/C17H28N2O/c1-3-20-16-11-7-8-14(12-16)17(13-18)19(2)15-9-5-4-6-10-15/h7-8,11-12,15,17H,3-6,9-10,13,18H2,1-2H3. The van der Waals surface area contributed by atoms with E-state index in [1.165, 1.54) is 37.7 Å². The van der Waals surface area contributed by atoms with Crippen LogP contribution < -0.4 is 10.5 Å². The highest BCUT2D eigenvalue weighted by molar-refractivity contribution is 5.31. The number of hydrogen-bond acceptors (Lipinski definition) is 3. The Morgan fingerprint density at radius 2 is 2.05 bits per heavy atom. The zero-order valence-electron chi connectivity index (χ0n) is 12.8. The van der Waals surface area contributed by atoms with E-state index in [9.17, 15) is 0 Å². The predicted molar refractivity (Wildman–Crippen MR) is 84.0 cm³/mol. The third kappa shape index (κ3) is 3.74. The maximum Gasteiger partial charge on any atom is 0.119 e. The lowest BCUT2D eigenvalue weighted by Gasteiger charge is -2.37. The number of likely N-dealkylation sites (N-methyl/N-ethyl adjacent to an activating group) is 1. The third-order valence-corrected chi connectivity index (χ3v) is 4.42. The van der Waals surface area contributed by atoms with Crippen LogP contribution in [0.1, 0.15) is 50.6 Å². The smallest absolute Gasteiger partial charge is 0.119 e. The summed E-state index contributed by atoms with van der Waals surface area (Å²) in [5.74, 6) is 0.945. The zero-order valence-corrected chi connectivity index (χ0v) is 12.8. The van der Waals surface area contributed by atoms with Crippen molar-refractivity contribution in [3.8, 4) is 5.75 Å². The van der Waals surface area contributed by atoms with Crippen LogP contribution in [0, 0.1) is 0 Å². The molecule has 3 heteroatoms. The van der Waals surface area contributed by atoms with Gasteiger partial charge in [-0.3, -0.25) is 4.90 Å². The molecule has 0 spiro atoms. The molecule has 0 bridgehead atoms. The summed E-state index contributed by atoms with van der Waals surface area (Å²) in [4.78, 5) is 2.48. The van der Waals surface area contributed by atoms with Crippen molar-refractivity contribution in [2.75, 3.05) is 20.2 Å². The molecule has 0 amide bonds. The molecule has 2 rings (SSSR count). The lowest BCUT2D eigenvalue weighted by atomic mass is 9.92. The van der Waals surface area contributed by atoms with Crippen molar-refractivity contribution >= 4 is 0 Å². The molecule has 112 valence electrons. The molecule has 1 fully saturated rings. The summed E-state index contributed by atoms with van der Waals surface area (Å²) in [7, 11) is 2.22. The Hall–Kier alpha value is -1.06. The van der Waals surface area contributed by atoms with Gasteiger partial charge in [-0.25, -0.2) is 0 Å². The quantitative estimate of drug-likeness (QED) is 0.866. The van der Waals surface area contributed by atoms with Crippen LogP contribution in [0.25, 0.3) is 0 Å². The summed E-state index contributed by atoms with van der Waals surface area (Å²) in [5, 5.41) is 0. The second kappa shape index (κ2) is 7.65. The molecular weight excluding hydrogens is 248 g/mol. The van der Waals surface area contributed by atoms with Crippen LogP contribution in [0.4, 0.5) is 0 Å². The van der Waals surface area contributed by atoms with Gasteiger partial charge in [-0.1, -0.05) is 31.4 Å². The molecule has 1 atom stereocenters. The largest absolute Gasteiger partial charge is 0.494 e. The lowest BCUT2D eigenvalue weighted by Crippen LogP contribution is -2.39. The van der Waals surface area contributed by atoms with E-state index >= 15 is 0 Å². The van der Waals surface area contributed by atoms with Gasteiger partial charge in [0.25, 0.3) is 0 Å². The van der Waals surface area contributed by atoms with E-state index in [2.05, 4.69) is 30.1 Å². The molecule has 3 nitrogen and oxygen atoms in total. The molecule has 1 unspecified atom stereocenters. The Balaban J connectivity index is 2.11. The van der Waals surface area contributed by atoms with Crippen LogP contribution >= 0.6 is 0 Å². The van der Waals surface area contributed by atoms with E-state index in [0.717, 1.165) is 5.75 Å². The first-order valence-corrected chi connectivity index (χ1v) is 7.91. The Kier molecular flexibility index (Phi) is 5.86. The molecule has 1 aromatic rings. The van der Waals surface area contributed by atoms with E-state index in [0.29, 0.717) is 25.2 Å². The van der Waals surface area contributed by atoms with Crippen molar-refractivity contribution in [2.45, 2.75) is 51.1 Å². The highest BCUT2D eigenvalue weighted by Crippen LogP contribution is 2.29. The van der Waals surface area contributed by atoms with Gasteiger partial charge in [0.15, 0.2) is 0 Å². The van der Waals surface area contributed by atoms with Crippen LogP contribution in [0.2, 0.25) is 0 Å². The van der Waals surface area contributed by atoms with Crippen molar-refractivity contribution in [1.82, 2.24) is 4.90 Å². The molecule has 0 radical (unpaired) electrons. The van der Waals surface area contributed by atoms with Gasteiger partial charge < -0.3 is 10.5 Å². The minimum Gasteiger partial charge on any atom is -0.494 e. The van der Waals surface area contributed by atoms with E-state index in [-0.39, 0.29) is 0 Å². The number of nitrogens with zero attached hydrogens (tertiary/aromatic N) is 1. The zero-order chi connectivity index (χ0) is 14.4. The van der Waals surface area contributed by atoms with Crippen LogP contribution in [-0.4, -0.2) is 31.1 Å². The van der Waals surface area contributed by atoms with Crippen molar-refractivity contribution in [3.63, 3.8) is 0 Å².